The summed E-state index contributed by atoms with van der Waals surface area (Å²) in [6.45, 7) is 10.6. The van der Waals surface area contributed by atoms with Gasteiger partial charge < -0.3 is 20.4 Å². The van der Waals surface area contributed by atoms with Gasteiger partial charge in [0.15, 0.2) is 0 Å². The van der Waals surface area contributed by atoms with Crippen molar-refractivity contribution < 1.29 is 9.59 Å². The number of hydrogen-bond donors (Lipinski definition) is 2. The van der Waals surface area contributed by atoms with Crippen molar-refractivity contribution in [3.8, 4) is 0 Å². The fourth-order valence-electron chi connectivity index (χ4n) is 3.22. The number of carbonyl (C=O) groups excluding carboxylic acids is 2. The first kappa shape index (κ1) is 18.6. The van der Waals surface area contributed by atoms with Gasteiger partial charge in [0.05, 0.1) is 17.4 Å². The Bertz CT molecular complexity index is 671. The molecule has 0 bridgehead atoms. The Morgan fingerprint density at radius 1 is 1.12 bits per heavy atom. The Labute approximate surface area is 155 Å². The fraction of sp³-hybridized carbons (Fsp3) is 0.632. The topological polar surface area (TPSA) is 77.6 Å². The van der Waals surface area contributed by atoms with Gasteiger partial charge in [-0.1, -0.05) is 20.8 Å². The summed E-state index contributed by atoms with van der Waals surface area (Å²) in [5.74, 6) is 0.640. The Kier molecular flexibility index (Phi) is 5.46. The van der Waals surface area contributed by atoms with E-state index in [9.17, 15) is 9.59 Å². The van der Waals surface area contributed by atoms with Gasteiger partial charge in [0.2, 0.25) is 5.91 Å². The van der Waals surface area contributed by atoms with Crippen LogP contribution in [0.4, 0.5) is 11.5 Å². The molecule has 2 aliphatic rings. The highest BCUT2D eigenvalue weighted by molar-refractivity contribution is 6.01. The first-order chi connectivity index (χ1) is 12.4. The quantitative estimate of drug-likeness (QED) is 0.859. The summed E-state index contributed by atoms with van der Waals surface area (Å²) >= 11 is 0. The van der Waals surface area contributed by atoms with Crippen molar-refractivity contribution in [1.82, 2.24) is 15.2 Å². The molecular formula is C19H29N5O2. The second-order valence-corrected chi connectivity index (χ2v) is 8.04. The zero-order valence-corrected chi connectivity index (χ0v) is 16.0. The molecule has 7 nitrogen and oxygen atoms in total. The molecule has 0 aromatic carbocycles. The van der Waals surface area contributed by atoms with Crippen LogP contribution in [-0.4, -0.2) is 61.0 Å². The third kappa shape index (κ3) is 4.15. The highest BCUT2D eigenvalue weighted by Gasteiger charge is 2.27. The maximum absolute atomic E-state index is 13.1. The third-order valence-electron chi connectivity index (χ3n) is 4.85. The van der Waals surface area contributed by atoms with Crippen LogP contribution in [-0.2, 0) is 4.79 Å². The summed E-state index contributed by atoms with van der Waals surface area (Å²) in [5, 5.41) is 6.22. The van der Waals surface area contributed by atoms with Crippen LogP contribution in [0.2, 0.25) is 0 Å². The highest BCUT2D eigenvalue weighted by atomic mass is 16.2. The number of pyridine rings is 1. The van der Waals surface area contributed by atoms with Gasteiger partial charge in [-0.3, -0.25) is 9.59 Å². The molecule has 2 saturated heterocycles. The van der Waals surface area contributed by atoms with E-state index in [1.165, 1.54) is 0 Å². The lowest BCUT2D eigenvalue weighted by Gasteiger charge is -2.30. The summed E-state index contributed by atoms with van der Waals surface area (Å²) in [5.41, 5.74) is 0.655. The average Bonchev–Trinajstić information content (AvgIpc) is 3.15. The summed E-state index contributed by atoms with van der Waals surface area (Å²) in [7, 11) is 0. The molecule has 7 heteroatoms. The summed E-state index contributed by atoms with van der Waals surface area (Å²) in [4.78, 5) is 34.0. The van der Waals surface area contributed by atoms with Gasteiger partial charge >= 0.3 is 0 Å². The Morgan fingerprint density at radius 2 is 1.77 bits per heavy atom. The monoisotopic (exact) mass is 359 g/mol. The van der Waals surface area contributed by atoms with Crippen molar-refractivity contribution in [2.45, 2.75) is 33.6 Å². The lowest BCUT2D eigenvalue weighted by atomic mass is 9.95. The molecule has 2 aliphatic heterocycles. The predicted octanol–water partition coefficient (Wildman–Crippen LogP) is 1.71. The molecule has 26 heavy (non-hydrogen) atoms. The number of nitrogens with zero attached hydrogens (tertiary/aromatic N) is 3. The Balaban J connectivity index is 1.91. The third-order valence-corrected chi connectivity index (χ3v) is 4.85. The molecule has 0 saturated carbocycles. The summed E-state index contributed by atoms with van der Waals surface area (Å²) < 4.78 is 0. The lowest BCUT2D eigenvalue weighted by molar-refractivity contribution is -0.123. The number of piperazine rings is 1. The zero-order valence-electron chi connectivity index (χ0n) is 16.0. The molecule has 0 radical (unpaired) electrons. The second-order valence-electron chi connectivity index (χ2n) is 8.04. The number of aromatic nitrogens is 1. The first-order valence-electron chi connectivity index (χ1n) is 9.43. The Hall–Kier alpha value is -2.15. The molecule has 3 heterocycles. The standard InChI is InChI=1S/C19H29N5O2/c1-19(2,3)18(26)22-14-12-15(17(25)24-8-4-5-9-24)16(21-13-14)23-10-6-20-7-11-23/h12-13,20H,4-11H2,1-3H3,(H,22,26). The number of rotatable bonds is 3. The predicted molar refractivity (Wildman–Crippen MR) is 103 cm³/mol. The zero-order chi connectivity index (χ0) is 18.7. The van der Waals surface area contributed by atoms with Crippen molar-refractivity contribution in [2.24, 2.45) is 5.41 Å². The van der Waals surface area contributed by atoms with Crippen LogP contribution in [0.25, 0.3) is 0 Å². The van der Waals surface area contributed by atoms with Gasteiger partial charge in [0.25, 0.3) is 5.91 Å². The van der Waals surface area contributed by atoms with Gasteiger partial charge in [-0.05, 0) is 18.9 Å². The SMILES string of the molecule is CC(C)(C)C(=O)Nc1cnc(N2CCNCC2)c(C(=O)N2CCCC2)c1. The summed E-state index contributed by atoms with van der Waals surface area (Å²) in [6.07, 6.45) is 3.74. The molecule has 1 aromatic heterocycles. The van der Waals surface area contributed by atoms with Crippen LogP contribution in [0.15, 0.2) is 12.3 Å². The van der Waals surface area contributed by atoms with Crippen LogP contribution < -0.4 is 15.5 Å². The normalized spacial score (nSPS) is 18.1. The van der Waals surface area contributed by atoms with Gasteiger partial charge in [0, 0.05) is 44.7 Å². The van der Waals surface area contributed by atoms with Crippen LogP contribution in [0.5, 0.6) is 0 Å². The number of hydrogen-bond acceptors (Lipinski definition) is 5. The minimum absolute atomic E-state index is 0.00962. The minimum atomic E-state index is -0.504. The summed E-state index contributed by atoms with van der Waals surface area (Å²) in [6, 6.07) is 1.79. The first-order valence-corrected chi connectivity index (χ1v) is 9.43. The number of likely N-dealkylation sites (tertiary alicyclic amines) is 1. The van der Waals surface area contributed by atoms with E-state index in [0.29, 0.717) is 11.3 Å². The molecule has 2 amide bonds. The molecule has 2 N–H and O–H groups in total. The molecule has 0 unspecified atom stereocenters. The molecule has 2 fully saturated rings. The molecular weight excluding hydrogens is 330 g/mol. The van der Waals surface area contributed by atoms with Gasteiger partial charge in [0.1, 0.15) is 5.82 Å². The second kappa shape index (κ2) is 7.61. The van der Waals surface area contributed by atoms with E-state index >= 15 is 0 Å². The number of carbonyl (C=O) groups is 2. The molecule has 0 atom stereocenters. The number of amides is 2. The smallest absolute Gasteiger partial charge is 0.257 e. The number of anilines is 2. The maximum atomic E-state index is 13.1. The molecule has 0 spiro atoms. The van der Waals surface area contributed by atoms with Crippen molar-refractivity contribution in [3.63, 3.8) is 0 Å². The fourth-order valence-corrected chi connectivity index (χ4v) is 3.22. The highest BCUT2D eigenvalue weighted by Crippen LogP contribution is 2.26. The van der Waals surface area contributed by atoms with E-state index < -0.39 is 5.41 Å². The van der Waals surface area contributed by atoms with Gasteiger partial charge in [-0.25, -0.2) is 4.98 Å². The van der Waals surface area contributed by atoms with Crippen molar-refractivity contribution in [2.75, 3.05) is 49.5 Å². The largest absolute Gasteiger partial charge is 0.353 e. The van der Waals surface area contributed by atoms with E-state index in [-0.39, 0.29) is 11.8 Å². The van der Waals surface area contributed by atoms with E-state index in [1.807, 2.05) is 25.7 Å². The van der Waals surface area contributed by atoms with Gasteiger partial charge in [-0.15, -0.1) is 0 Å². The van der Waals surface area contributed by atoms with Crippen molar-refractivity contribution in [3.05, 3.63) is 17.8 Å². The van der Waals surface area contributed by atoms with Crippen molar-refractivity contribution >= 4 is 23.3 Å². The van der Waals surface area contributed by atoms with Crippen molar-refractivity contribution in [1.29, 1.82) is 0 Å². The Morgan fingerprint density at radius 3 is 2.38 bits per heavy atom. The molecule has 3 rings (SSSR count). The van der Waals surface area contributed by atoms with E-state index in [0.717, 1.165) is 57.9 Å². The van der Waals surface area contributed by atoms with E-state index in [2.05, 4.69) is 20.5 Å². The molecule has 0 aliphatic carbocycles. The van der Waals surface area contributed by atoms with E-state index in [4.69, 9.17) is 0 Å². The van der Waals surface area contributed by atoms with Crippen LogP contribution in [0.1, 0.15) is 44.0 Å². The number of nitrogens with one attached hydrogen (secondary N) is 2. The van der Waals surface area contributed by atoms with Crippen LogP contribution in [0, 0.1) is 5.41 Å². The lowest BCUT2D eigenvalue weighted by Crippen LogP contribution is -2.45. The maximum Gasteiger partial charge on any atom is 0.257 e. The molecule has 1 aromatic rings. The van der Waals surface area contributed by atoms with E-state index in [1.54, 1.807) is 12.3 Å². The minimum Gasteiger partial charge on any atom is -0.353 e. The van der Waals surface area contributed by atoms with Crippen LogP contribution in [0.3, 0.4) is 0 Å². The van der Waals surface area contributed by atoms with Gasteiger partial charge in [-0.2, -0.15) is 0 Å². The molecule has 142 valence electrons. The van der Waals surface area contributed by atoms with Crippen LogP contribution >= 0.6 is 0 Å². The average molecular weight is 359 g/mol.